The van der Waals surface area contributed by atoms with E-state index < -0.39 is 0 Å². The van der Waals surface area contributed by atoms with Gasteiger partial charge in [0.2, 0.25) is 0 Å². The lowest BCUT2D eigenvalue weighted by molar-refractivity contribution is 0.102. The molecule has 1 amide bonds. The number of fused-ring (bicyclic) bond motifs is 1. The Balaban J connectivity index is 1.94. The zero-order valence-corrected chi connectivity index (χ0v) is 12.1. The summed E-state index contributed by atoms with van der Waals surface area (Å²) >= 11 is 6.20. The fourth-order valence-electron chi connectivity index (χ4n) is 2.07. The number of aryl methyl sites for hydroxylation is 1. The van der Waals surface area contributed by atoms with E-state index in [2.05, 4.69) is 15.3 Å². The zero-order chi connectivity index (χ0) is 14.8. The van der Waals surface area contributed by atoms with Crippen molar-refractivity contribution in [3.05, 3.63) is 65.1 Å². The predicted octanol–water partition coefficient (Wildman–Crippen LogP) is 3.84. The minimum atomic E-state index is -0.310. The lowest BCUT2D eigenvalue weighted by atomic mass is 10.2. The molecule has 3 rings (SSSR count). The molecule has 0 aliphatic heterocycles. The number of pyridine rings is 2. The van der Waals surface area contributed by atoms with E-state index in [9.17, 15) is 4.79 Å². The molecule has 0 aliphatic carbocycles. The van der Waals surface area contributed by atoms with Crippen LogP contribution in [0.3, 0.4) is 0 Å². The standard InChI is InChI=1S/C16H12ClN3O/c1-10-6-11(9-18-8-10)19-16(21)15-7-13(17)12-4-2-3-5-14(12)20-15/h2-9H,1H3,(H,19,21). The summed E-state index contributed by atoms with van der Waals surface area (Å²) in [5, 5.41) is 4.10. The number of anilines is 1. The molecule has 2 aromatic heterocycles. The van der Waals surface area contributed by atoms with E-state index in [1.54, 1.807) is 18.5 Å². The highest BCUT2D eigenvalue weighted by molar-refractivity contribution is 6.35. The molecule has 0 fully saturated rings. The molecule has 0 spiro atoms. The van der Waals surface area contributed by atoms with E-state index in [1.807, 2.05) is 37.3 Å². The van der Waals surface area contributed by atoms with E-state index in [0.717, 1.165) is 10.9 Å². The monoisotopic (exact) mass is 297 g/mol. The predicted molar refractivity (Wildman–Crippen MR) is 83.7 cm³/mol. The van der Waals surface area contributed by atoms with Crippen molar-refractivity contribution in [2.24, 2.45) is 0 Å². The lowest BCUT2D eigenvalue weighted by Crippen LogP contribution is -2.14. The second kappa shape index (κ2) is 5.50. The zero-order valence-electron chi connectivity index (χ0n) is 11.3. The van der Waals surface area contributed by atoms with Gasteiger partial charge in [0.25, 0.3) is 5.91 Å². The molecule has 0 atom stereocenters. The number of carbonyl (C=O) groups excluding carboxylic acids is 1. The van der Waals surface area contributed by atoms with Crippen LogP contribution in [0.25, 0.3) is 10.9 Å². The van der Waals surface area contributed by atoms with Gasteiger partial charge < -0.3 is 5.32 Å². The fourth-order valence-corrected chi connectivity index (χ4v) is 2.33. The Morgan fingerprint density at radius 3 is 2.81 bits per heavy atom. The van der Waals surface area contributed by atoms with E-state index in [0.29, 0.717) is 16.2 Å². The Hall–Kier alpha value is -2.46. The van der Waals surface area contributed by atoms with Crippen LogP contribution in [-0.2, 0) is 0 Å². The number of nitrogens with zero attached hydrogens (tertiary/aromatic N) is 2. The Morgan fingerprint density at radius 1 is 1.19 bits per heavy atom. The average Bonchev–Trinajstić information content (AvgIpc) is 2.47. The van der Waals surface area contributed by atoms with Gasteiger partial charge in [-0.3, -0.25) is 9.78 Å². The van der Waals surface area contributed by atoms with E-state index >= 15 is 0 Å². The molecule has 0 saturated carbocycles. The Kier molecular flexibility index (Phi) is 3.54. The van der Waals surface area contributed by atoms with Crippen molar-refractivity contribution in [2.45, 2.75) is 6.92 Å². The number of hydrogen-bond donors (Lipinski definition) is 1. The van der Waals surface area contributed by atoms with Crippen molar-refractivity contribution in [3.63, 3.8) is 0 Å². The number of aromatic nitrogens is 2. The average molecular weight is 298 g/mol. The molecule has 21 heavy (non-hydrogen) atoms. The fraction of sp³-hybridized carbons (Fsp3) is 0.0625. The number of benzene rings is 1. The lowest BCUT2D eigenvalue weighted by Gasteiger charge is -2.07. The van der Waals surface area contributed by atoms with Crippen LogP contribution in [0.5, 0.6) is 0 Å². The number of hydrogen-bond acceptors (Lipinski definition) is 3. The highest BCUT2D eigenvalue weighted by Gasteiger charge is 2.11. The van der Waals surface area contributed by atoms with E-state index in [1.165, 1.54) is 0 Å². The third-order valence-electron chi connectivity index (χ3n) is 3.03. The van der Waals surface area contributed by atoms with Gasteiger partial charge in [0.15, 0.2) is 0 Å². The van der Waals surface area contributed by atoms with Crippen molar-refractivity contribution in [1.82, 2.24) is 9.97 Å². The molecular weight excluding hydrogens is 286 g/mol. The van der Waals surface area contributed by atoms with Gasteiger partial charge in [-0.05, 0) is 30.7 Å². The minimum Gasteiger partial charge on any atom is -0.319 e. The Morgan fingerprint density at radius 2 is 2.00 bits per heavy atom. The van der Waals surface area contributed by atoms with Crippen molar-refractivity contribution in [1.29, 1.82) is 0 Å². The summed E-state index contributed by atoms with van der Waals surface area (Å²) in [5.41, 5.74) is 2.57. The van der Waals surface area contributed by atoms with Gasteiger partial charge >= 0.3 is 0 Å². The summed E-state index contributed by atoms with van der Waals surface area (Å²) in [5.74, 6) is -0.310. The molecule has 0 radical (unpaired) electrons. The summed E-state index contributed by atoms with van der Waals surface area (Å²) in [6.45, 7) is 1.91. The number of rotatable bonds is 2. The molecule has 0 saturated heterocycles. The second-order valence-corrected chi connectivity index (χ2v) is 5.12. The van der Waals surface area contributed by atoms with Crippen LogP contribution in [-0.4, -0.2) is 15.9 Å². The molecule has 0 aliphatic rings. The van der Waals surface area contributed by atoms with Crippen LogP contribution < -0.4 is 5.32 Å². The number of carbonyl (C=O) groups is 1. The first kappa shape index (κ1) is 13.5. The van der Waals surface area contributed by atoms with E-state index in [4.69, 9.17) is 11.6 Å². The second-order valence-electron chi connectivity index (χ2n) is 4.71. The minimum absolute atomic E-state index is 0.278. The van der Waals surface area contributed by atoms with Crippen molar-refractivity contribution in [2.75, 3.05) is 5.32 Å². The van der Waals surface area contributed by atoms with Crippen LogP contribution in [0, 0.1) is 6.92 Å². The third kappa shape index (κ3) is 2.85. The van der Waals surface area contributed by atoms with Gasteiger partial charge in [0, 0.05) is 11.6 Å². The van der Waals surface area contributed by atoms with Crippen molar-refractivity contribution in [3.8, 4) is 0 Å². The van der Waals surface area contributed by atoms with Gasteiger partial charge in [-0.2, -0.15) is 0 Å². The van der Waals surface area contributed by atoms with Crippen LogP contribution >= 0.6 is 11.6 Å². The Labute approximate surface area is 126 Å². The topological polar surface area (TPSA) is 54.9 Å². The largest absolute Gasteiger partial charge is 0.319 e. The van der Waals surface area contributed by atoms with Gasteiger partial charge in [-0.15, -0.1) is 0 Å². The molecule has 1 aromatic carbocycles. The molecule has 2 heterocycles. The molecule has 104 valence electrons. The molecule has 3 aromatic rings. The van der Waals surface area contributed by atoms with Gasteiger partial charge in [-0.25, -0.2) is 4.98 Å². The summed E-state index contributed by atoms with van der Waals surface area (Å²) in [6.07, 6.45) is 3.31. The highest BCUT2D eigenvalue weighted by Crippen LogP contribution is 2.23. The maximum absolute atomic E-state index is 12.3. The number of halogens is 1. The van der Waals surface area contributed by atoms with Crippen LogP contribution in [0.1, 0.15) is 16.1 Å². The van der Waals surface area contributed by atoms with Crippen molar-refractivity contribution >= 4 is 34.1 Å². The number of nitrogens with one attached hydrogen (secondary N) is 1. The maximum atomic E-state index is 12.3. The first-order chi connectivity index (χ1) is 10.1. The van der Waals surface area contributed by atoms with Crippen LogP contribution in [0.15, 0.2) is 48.8 Å². The van der Waals surface area contributed by atoms with Crippen molar-refractivity contribution < 1.29 is 4.79 Å². The van der Waals surface area contributed by atoms with Gasteiger partial charge in [-0.1, -0.05) is 29.8 Å². The van der Waals surface area contributed by atoms with Gasteiger partial charge in [0.05, 0.1) is 22.4 Å². The molecule has 4 nitrogen and oxygen atoms in total. The third-order valence-corrected chi connectivity index (χ3v) is 3.34. The molecular formula is C16H12ClN3O. The summed E-state index contributed by atoms with van der Waals surface area (Å²) in [7, 11) is 0. The van der Waals surface area contributed by atoms with Crippen LogP contribution in [0.4, 0.5) is 5.69 Å². The maximum Gasteiger partial charge on any atom is 0.274 e. The van der Waals surface area contributed by atoms with E-state index in [-0.39, 0.29) is 11.6 Å². The molecule has 0 bridgehead atoms. The number of para-hydroxylation sites is 1. The molecule has 1 N–H and O–H groups in total. The molecule has 0 unspecified atom stereocenters. The number of amides is 1. The first-order valence-electron chi connectivity index (χ1n) is 6.42. The summed E-state index contributed by atoms with van der Waals surface area (Å²) < 4.78 is 0. The Bertz CT molecular complexity index is 833. The summed E-state index contributed by atoms with van der Waals surface area (Å²) in [6, 6.07) is 10.9. The smallest absolute Gasteiger partial charge is 0.274 e. The SMILES string of the molecule is Cc1cncc(NC(=O)c2cc(Cl)c3ccccc3n2)c1. The highest BCUT2D eigenvalue weighted by atomic mass is 35.5. The van der Waals surface area contributed by atoms with Gasteiger partial charge in [0.1, 0.15) is 5.69 Å². The summed E-state index contributed by atoms with van der Waals surface area (Å²) in [4.78, 5) is 20.6. The normalized spacial score (nSPS) is 10.6. The quantitative estimate of drug-likeness (QED) is 0.782. The first-order valence-corrected chi connectivity index (χ1v) is 6.79. The van der Waals surface area contributed by atoms with Crippen LogP contribution in [0.2, 0.25) is 5.02 Å². The molecule has 5 heteroatoms.